The van der Waals surface area contributed by atoms with E-state index >= 15 is 0 Å². The fourth-order valence-electron chi connectivity index (χ4n) is 3.31. The Balaban J connectivity index is 2.13. The lowest BCUT2D eigenvalue weighted by atomic mass is 10.2. The van der Waals surface area contributed by atoms with Crippen LogP contribution in [0.5, 0.6) is 0 Å². The minimum atomic E-state index is -4.50. The molecule has 0 unspecified atom stereocenters. The molecule has 0 N–H and O–H groups in total. The third-order valence-electron chi connectivity index (χ3n) is 4.92. The first kappa shape index (κ1) is 22.7. The van der Waals surface area contributed by atoms with Gasteiger partial charge in [0.15, 0.2) is 0 Å². The van der Waals surface area contributed by atoms with Crippen molar-refractivity contribution in [1.82, 2.24) is 8.77 Å². The van der Waals surface area contributed by atoms with E-state index in [2.05, 4.69) is 0 Å². The zero-order valence-corrected chi connectivity index (χ0v) is 19.1. The van der Waals surface area contributed by atoms with E-state index in [0.717, 1.165) is 23.8 Å². The summed E-state index contributed by atoms with van der Waals surface area (Å²) in [5.74, 6) is -1.11. The lowest BCUT2D eigenvalue weighted by Gasteiger charge is -2.14. The lowest BCUT2D eigenvalue weighted by molar-refractivity contribution is -0.384. The van der Waals surface area contributed by atoms with Gasteiger partial charge in [-0.1, -0.05) is 47.0 Å². The SMILES string of the molecule is Cc1ccc(S(=O)(=O)n2c3ccc([N+](=O)[O-])cc3c(=O)n2C(=O)c2c(Cl)cccc2Cl)cc1. The number of carbonyl (C=O) groups is 1. The van der Waals surface area contributed by atoms with Gasteiger partial charge < -0.3 is 0 Å². The molecule has 168 valence electrons. The molecule has 0 saturated carbocycles. The summed E-state index contributed by atoms with van der Waals surface area (Å²) in [5.41, 5.74) is -1.24. The molecule has 0 aliphatic carbocycles. The van der Waals surface area contributed by atoms with Crippen molar-refractivity contribution in [3.8, 4) is 0 Å². The molecule has 0 radical (unpaired) electrons. The van der Waals surface area contributed by atoms with Gasteiger partial charge in [0.05, 0.1) is 36.3 Å². The fraction of sp³-hybridized carbons (Fsp3) is 0.0476. The van der Waals surface area contributed by atoms with Gasteiger partial charge in [-0.25, -0.2) is 0 Å². The summed E-state index contributed by atoms with van der Waals surface area (Å²) in [7, 11) is -4.50. The molecule has 0 amide bonds. The second-order valence-corrected chi connectivity index (χ2v) is 9.62. The van der Waals surface area contributed by atoms with Crippen molar-refractivity contribution in [2.45, 2.75) is 11.8 Å². The van der Waals surface area contributed by atoms with Crippen LogP contribution in [0.25, 0.3) is 10.9 Å². The van der Waals surface area contributed by atoms with Gasteiger partial charge in [0.25, 0.3) is 27.2 Å². The highest BCUT2D eigenvalue weighted by Crippen LogP contribution is 2.28. The van der Waals surface area contributed by atoms with E-state index in [1.54, 1.807) is 19.1 Å². The van der Waals surface area contributed by atoms with Gasteiger partial charge in [-0.3, -0.25) is 19.7 Å². The number of fused-ring (bicyclic) bond motifs is 1. The van der Waals surface area contributed by atoms with Gasteiger partial charge in [-0.2, -0.15) is 17.2 Å². The van der Waals surface area contributed by atoms with Gasteiger partial charge in [0, 0.05) is 12.1 Å². The van der Waals surface area contributed by atoms with Crippen molar-refractivity contribution in [2.75, 3.05) is 0 Å². The third kappa shape index (κ3) is 3.71. The molecular formula is C21H13Cl2N3O6S. The molecule has 3 aromatic carbocycles. The molecule has 0 spiro atoms. The minimum absolute atomic E-state index is 0.102. The quantitative estimate of drug-likeness (QED) is 0.301. The van der Waals surface area contributed by atoms with Crippen molar-refractivity contribution in [2.24, 2.45) is 0 Å². The van der Waals surface area contributed by atoms with Crippen LogP contribution in [0.3, 0.4) is 0 Å². The van der Waals surface area contributed by atoms with Gasteiger partial charge in [-0.15, -0.1) is 0 Å². The molecule has 4 aromatic rings. The smallest absolute Gasteiger partial charge is 0.267 e. The average Bonchev–Trinajstić information content (AvgIpc) is 3.06. The monoisotopic (exact) mass is 505 g/mol. The molecule has 1 aromatic heterocycles. The van der Waals surface area contributed by atoms with Crippen LogP contribution < -0.4 is 5.56 Å². The molecule has 9 nitrogen and oxygen atoms in total. The Morgan fingerprint density at radius 3 is 2.18 bits per heavy atom. The summed E-state index contributed by atoms with van der Waals surface area (Å²) in [4.78, 5) is 36.9. The highest BCUT2D eigenvalue weighted by Gasteiger charge is 2.31. The number of hydrogen-bond acceptors (Lipinski definition) is 6. The third-order valence-corrected chi connectivity index (χ3v) is 7.23. The first-order valence-corrected chi connectivity index (χ1v) is 11.5. The summed E-state index contributed by atoms with van der Waals surface area (Å²) in [6.07, 6.45) is 0. The summed E-state index contributed by atoms with van der Waals surface area (Å²) < 4.78 is 28.0. The van der Waals surface area contributed by atoms with Crippen molar-refractivity contribution < 1.29 is 18.1 Å². The maximum Gasteiger partial charge on any atom is 0.283 e. The van der Waals surface area contributed by atoms with Crippen molar-refractivity contribution in [1.29, 1.82) is 0 Å². The van der Waals surface area contributed by atoms with Gasteiger partial charge in [-0.05, 0) is 37.3 Å². The maximum absolute atomic E-state index is 13.6. The van der Waals surface area contributed by atoms with Crippen LogP contribution in [0.15, 0.2) is 70.4 Å². The van der Waals surface area contributed by atoms with E-state index in [1.165, 1.54) is 30.3 Å². The Bertz CT molecular complexity index is 1600. The molecule has 0 aliphatic heterocycles. The van der Waals surface area contributed by atoms with Crippen LogP contribution in [0.2, 0.25) is 10.0 Å². The number of non-ortho nitro benzene ring substituents is 1. The van der Waals surface area contributed by atoms with Crippen LogP contribution >= 0.6 is 23.2 Å². The number of hydrogen-bond donors (Lipinski definition) is 0. The first-order valence-electron chi connectivity index (χ1n) is 9.27. The summed E-state index contributed by atoms with van der Waals surface area (Å²) in [6.45, 7) is 1.76. The average molecular weight is 506 g/mol. The van der Waals surface area contributed by atoms with E-state index in [-0.39, 0.29) is 31.4 Å². The predicted molar refractivity (Wildman–Crippen MR) is 123 cm³/mol. The molecule has 12 heteroatoms. The number of carbonyl (C=O) groups excluding carboxylic acids is 1. The molecular weight excluding hydrogens is 493 g/mol. The van der Waals surface area contributed by atoms with Crippen molar-refractivity contribution in [3.63, 3.8) is 0 Å². The Hall–Kier alpha value is -3.47. The molecule has 4 rings (SSSR count). The Morgan fingerprint density at radius 2 is 1.61 bits per heavy atom. The largest absolute Gasteiger partial charge is 0.283 e. The van der Waals surface area contributed by atoms with Crippen molar-refractivity contribution >= 4 is 55.7 Å². The number of nitrogens with zero attached hydrogens (tertiary/aromatic N) is 3. The van der Waals surface area contributed by atoms with E-state index in [0.29, 0.717) is 8.77 Å². The second-order valence-electron chi connectivity index (χ2n) is 7.04. The topological polar surface area (TPSA) is 121 Å². The van der Waals surface area contributed by atoms with E-state index in [4.69, 9.17) is 23.2 Å². The first-order chi connectivity index (χ1) is 15.5. The van der Waals surface area contributed by atoms with Crippen LogP contribution in [-0.4, -0.2) is 28.0 Å². The second kappa shape index (κ2) is 8.14. The number of rotatable bonds is 4. The summed E-state index contributed by atoms with van der Waals surface area (Å²) >= 11 is 12.2. The van der Waals surface area contributed by atoms with E-state index in [9.17, 15) is 28.1 Å². The molecule has 0 bridgehead atoms. The number of aromatic nitrogens is 2. The van der Waals surface area contributed by atoms with Crippen LogP contribution in [0.4, 0.5) is 5.69 Å². The standard InChI is InChI=1S/C21H13Cl2N3O6S/c1-12-5-8-14(9-6-12)33(31,32)25-18-10-7-13(26(29)30)11-15(18)20(27)24(25)21(28)19-16(22)3-2-4-17(19)23/h2-11H,1H3. The zero-order valence-electron chi connectivity index (χ0n) is 16.7. The van der Waals surface area contributed by atoms with E-state index < -0.39 is 32.1 Å². The molecule has 1 heterocycles. The number of halogens is 2. The maximum atomic E-state index is 13.6. The molecule has 33 heavy (non-hydrogen) atoms. The zero-order chi connectivity index (χ0) is 24.1. The van der Waals surface area contributed by atoms with Gasteiger partial charge in [0.2, 0.25) is 0 Å². The Labute approximate surface area is 196 Å². The van der Waals surface area contributed by atoms with Crippen molar-refractivity contribution in [3.05, 3.63) is 102 Å². The lowest BCUT2D eigenvalue weighted by Crippen LogP contribution is -2.34. The Morgan fingerprint density at radius 1 is 1.00 bits per heavy atom. The molecule has 0 saturated heterocycles. The van der Waals surface area contributed by atoms with Crippen LogP contribution in [0, 0.1) is 17.0 Å². The van der Waals surface area contributed by atoms with Crippen LogP contribution in [-0.2, 0) is 10.0 Å². The minimum Gasteiger partial charge on any atom is -0.267 e. The molecule has 0 fully saturated rings. The van der Waals surface area contributed by atoms with E-state index in [1.807, 2.05) is 0 Å². The Kier molecular flexibility index (Phi) is 5.61. The number of nitro benzene ring substituents is 1. The molecule has 0 aliphatic rings. The number of nitro groups is 1. The highest BCUT2D eigenvalue weighted by molar-refractivity contribution is 7.90. The normalized spacial score (nSPS) is 11.6. The molecule has 0 atom stereocenters. The fourth-order valence-corrected chi connectivity index (χ4v) is 5.33. The highest BCUT2D eigenvalue weighted by atomic mass is 35.5. The number of benzene rings is 3. The predicted octanol–water partition coefficient (Wildman–Crippen LogP) is 4.25. The van der Waals surface area contributed by atoms with Gasteiger partial charge in [0.1, 0.15) is 0 Å². The number of aryl methyl sites for hydroxylation is 1. The van der Waals surface area contributed by atoms with Crippen LogP contribution in [0.1, 0.15) is 15.9 Å². The van der Waals surface area contributed by atoms with Gasteiger partial charge >= 0.3 is 0 Å². The summed E-state index contributed by atoms with van der Waals surface area (Å²) in [5, 5.41) is 10.7. The summed E-state index contributed by atoms with van der Waals surface area (Å²) in [6, 6.07) is 13.0.